The molecule has 0 N–H and O–H groups in total. The normalized spacial score (nSPS) is 12.0. The molecule has 0 spiro atoms. The van der Waals surface area contributed by atoms with Gasteiger partial charge in [0, 0.05) is 19.8 Å². The summed E-state index contributed by atoms with van der Waals surface area (Å²) >= 11 is 0. The zero-order valence-electron chi connectivity index (χ0n) is 9.00. The van der Waals surface area contributed by atoms with Crippen LogP contribution in [0, 0.1) is 0 Å². The van der Waals surface area contributed by atoms with Crippen LogP contribution in [0.4, 0.5) is 8.78 Å². The van der Waals surface area contributed by atoms with Crippen molar-refractivity contribution in [3.63, 3.8) is 0 Å². The van der Waals surface area contributed by atoms with E-state index in [-0.39, 0.29) is 6.54 Å². The van der Waals surface area contributed by atoms with Gasteiger partial charge in [-0.25, -0.2) is 8.78 Å². The minimum atomic E-state index is -2.32. The molecule has 5 heteroatoms. The number of alkyl halides is 2. The lowest BCUT2D eigenvalue weighted by molar-refractivity contribution is -0.147. The van der Waals surface area contributed by atoms with E-state index in [9.17, 15) is 8.78 Å². The number of hydrogen-bond acceptors (Lipinski definition) is 3. The molecule has 0 aromatic heterocycles. The van der Waals surface area contributed by atoms with Crippen LogP contribution in [-0.4, -0.2) is 51.0 Å². The number of ether oxygens (including phenoxy) is 2. The van der Waals surface area contributed by atoms with Gasteiger partial charge in [0.25, 0.3) is 6.43 Å². The Balaban J connectivity index is 3.76. The Morgan fingerprint density at radius 3 is 1.93 bits per heavy atom. The van der Waals surface area contributed by atoms with Crippen LogP contribution in [0.5, 0.6) is 0 Å². The van der Waals surface area contributed by atoms with E-state index in [4.69, 9.17) is 9.47 Å². The van der Waals surface area contributed by atoms with Crippen LogP contribution in [0.25, 0.3) is 0 Å². The van der Waals surface area contributed by atoms with E-state index < -0.39 is 12.7 Å². The molecule has 3 nitrogen and oxygen atoms in total. The summed E-state index contributed by atoms with van der Waals surface area (Å²) in [5.41, 5.74) is 0. The summed E-state index contributed by atoms with van der Waals surface area (Å²) < 4.78 is 34.4. The number of nitrogens with zero attached hydrogens (tertiary/aromatic N) is 1. The van der Waals surface area contributed by atoms with Crippen molar-refractivity contribution in [1.82, 2.24) is 4.90 Å². The summed E-state index contributed by atoms with van der Waals surface area (Å²) in [5.74, 6) is 0. The minimum Gasteiger partial charge on any atom is -0.352 e. The molecule has 0 aliphatic rings. The van der Waals surface area contributed by atoms with E-state index in [2.05, 4.69) is 0 Å². The van der Waals surface area contributed by atoms with Crippen LogP contribution >= 0.6 is 0 Å². The third kappa shape index (κ3) is 7.17. The standard InChI is InChI=1S/C9H19F2NO2/c1-4-13-9(14-5-2)7-12(3)6-8(10)11/h8-9H,4-7H2,1-3H3. The number of hydrogen-bond donors (Lipinski definition) is 0. The van der Waals surface area contributed by atoms with Gasteiger partial charge >= 0.3 is 0 Å². The topological polar surface area (TPSA) is 21.7 Å². The highest BCUT2D eigenvalue weighted by atomic mass is 19.3. The molecule has 0 amide bonds. The summed E-state index contributed by atoms with van der Waals surface area (Å²) in [7, 11) is 1.62. The molecule has 0 radical (unpaired) electrons. The number of halogens is 2. The van der Waals surface area contributed by atoms with Gasteiger partial charge in [-0.2, -0.15) is 0 Å². The molecular weight excluding hydrogens is 192 g/mol. The zero-order chi connectivity index (χ0) is 11.0. The molecule has 0 aromatic rings. The van der Waals surface area contributed by atoms with Gasteiger partial charge in [0.1, 0.15) is 0 Å². The van der Waals surface area contributed by atoms with Crippen LogP contribution in [0.2, 0.25) is 0 Å². The van der Waals surface area contributed by atoms with Gasteiger partial charge in [0.15, 0.2) is 6.29 Å². The molecule has 0 saturated carbocycles. The summed E-state index contributed by atoms with van der Waals surface area (Å²) in [6.07, 6.45) is -2.72. The highest BCUT2D eigenvalue weighted by Crippen LogP contribution is 2.01. The predicted molar refractivity (Wildman–Crippen MR) is 50.5 cm³/mol. The van der Waals surface area contributed by atoms with Crippen molar-refractivity contribution in [3.8, 4) is 0 Å². The Kier molecular flexibility index (Phi) is 7.93. The molecule has 0 atom stereocenters. The van der Waals surface area contributed by atoms with Gasteiger partial charge in [-0.1, -0.05) is 0 Å². The Morgan fingerprint density at radius 1 is 1.07 bits per heavy atom. The molecule has 0 rings (SSSR count). The van der Waals surface area contributed by atoms with Gasteiger partial charge in [-0.05, 0) is 20.9 Å². The Bertz CT molecular complexity index is 130. The van der Waals surface area contributed by atoms with Crippen molar-refractivity contribution in [2.45, 2.75) is 26.6 Å². The molecule has 14 heavy (non-hydrogen) atoms. The predicted octanol–water partition coefficient (Wildman–Crippen LogP) is 1.58. The van der Waals surface area contributed by atoms with E-state index in [0.717, 1.165) is 0 Å². The molecule has 0 bridgehead atoms. The van der Waals surface area contributed by atoms with E-state index >= 15 is 0 Å². The SMILES string of the molecule is CCOC(CN(C)CC(F)F)OCC. The fraction of sp³-hybridized carbons (Fsp3) is 1.00. The summed E-state index contributed by atoms with van der Waals surface area (Å²) in [4.78, 5) is 1.50. The summed E-state index contributed by atoms with van der Waals surface area (Å²) in [6, 6.07) is 0. The fourth-order valence-electron chi connectivity index (χ4n) is 1.09. The van der Waals surface area contributed by atoms with Crippen molar-refractivity contribution in [3.05, 3.63) is 0 Å². The van der Waals surface area contributed by atoms with Crippen LogP contribution in [0.3, 0.4) is 0 Å². The summed E-state index contributed by atoms with van der Waals surface area (Å²) in [6.45, 7) is 4.85. The maximum Gasteiger partial charge on any atom is 0.251 e. The smallest absolute Gasteiger partial charge is 0.251 e. The first-order valence-corrected chi connectivity index (χ1v) is 4.80. The van der Waals surface area contributed by atoms with Gasteiger partial charge < -0.3 is 9.47 Å². The van der Waals surface area contributed by atoms with Gasteiger partial charge in [0.2, 0.25) is 0 Å². The second-order valence-electron chi connectivity index (χ2n) is 2.95. The monoisotopic (exact) mass is 211 g/mol. The van der Waals surface area contributed by atoms with Gasteiger partial charge in [0.05, 0.1) is 6.54 Å². The molecule has 0 aliphatic carbocycles. The first-order chi connectivity index (χ1) is 6.60. The Morgan fingerprint density at radius 2 is 1.57 bits per heavy atom. The number of likely N-dealkylation sites (N-methyl/N-ethyl adjacent to an activating group) is 1. The van der Waals surface area contributed by atoms with Crippen molar-refractivity contribution in [2.24, 2.45) is 0 Å². The van der Waals surface area contributed by atoms with Crippen LogP contribution in [-0.2, 0) is 9.47 Å². The zero-order valence-corrected chi connectivity index (χ0v) is 9.00. The molecular formula is C9H19F2NO2. The van der Waals surface area contributed by atoms with Gasteiger partial charge in [-0.3, -0.25) is 4.90 Å². The average molecular weight is 211 g/mol. The molecule has 0 heterocycles. The molecule has 0 aromatic carbocycles. The molecule has 86 valence electrons. The first-order valence-electron chi connectivity index (χ1n) is 4.80. The van der Waals surface area contributed by atoms with Crippen LogP contribution in [0.15, 0.2) is 0 Å². The maximum atomic E-state index is 12.0. The molecule has 0 saturated heterocycles. The van der Waals surface area contributed by atoms with Crippen LogP contribution in [0.1, 0.15) is 13.8 Å². The van der Waals surface area contributed by atoms with Crippen molar-refractivity contribution in [2.75, 3.05) is 33.4 Å². The van der Waals surface area contributed by atoms with Crippen LogP contribution < -0.4 is 0 Å². The molecule has 0 aliphatic heterocycles. The second-order valence-corrected chi connectivity index (χ2v) is 2.95. The third-order valence-corrected chi connectivity index (χ3v) is 1.62. The lowest BCUT2D eigenvalue weighted by atomic mass is 10.5. The highest BCUT2D eigenvalue weighted by Gasteiger charge is 2.14. The maximum absolute atomic E-state index is 12.0. The second kappa shape index (κ2) is 8.08. The first kappa shape index (κ1) is 13.7. The van der Waals surface area contributed by atoms with Crippen molar-refractivity contribution < 1.29 is 18.3 Å². The molecule has 0 unspecified atom stereocenters. The fourth-order valence-corrected chi connectivity index (χ4v) is 1.09. The summed E-state index contributed by atoms with van der Waals surface area (Å²) in [5, 5.41) is 0. The van der Waals surface area contributed by atoms with E-state index in [1.807, 2.05) is 13.8 Å². The minimum absolute atomic E-state index is 0.253. The third-order valence-electron chi connectivity index (χ3n) is 1.62. The van der Waals surface area contributed by atoms with E-state index in [1.165, 1.54) is 4.90 Å². The van der Waals surface area contributed by atoms with E-state index in [1.54, 1.807) is 7.05 Å². The Hall–Kier alpha value is -0.260. The lowest BCUT2D eigenvalue weighted by Gasteiger charge is -2.23. The van der Waals surface area contributed by atoms with Crippen molar-refractivity contribution in [1.29, 1.82) is 0 Å². The number of rotatable bonds is 8. The largest absolute Gasteiger partial charge is 0.352 e. The quantitative estimate of drug-likeness (QED) is 0.569. The Labute approximate surface area is 84.0 Å². The highest BCUT2D eigenvalue weighted by molar-refractivity contribution is 4.56. The lowest BCUT2D eigenvalue weighted by Crippen LogP contribution is -2.35. The molecule has 0 fully saturated rings. The average Bonchev–Trinajstić information content (AvgIpc) is 2.03. The van der Waals surface area contributed by atoms with E-state index in [0.29, 0.717) is 19.8 Å². The van der Waals surface area contributed by atoms with Crippen molar-refractivity contribution >= 4 is 0 Å². The van der Waals surface area contributed by atoms with Gasteiger partial charge in [-0.15, -0.1) is 0 Å².